The number of quaternary nitrogens is 1. The standard InChI is InChI=1S/C20H21FN4O3/c1-13(24(2)11-18(26)22-15-7-5-6-14(21)10-15)20(28)25-12-19(27)23-16-8-3-4-9-17(16)25/h3-10,13H,11-12H2,1-2H3,(H,22,26)(H,23,27)/p+1/t13-/m0/s1. The second kappa shape index (κ2) is 8.18. The monoisotopic (exact) mass is 385 g/mol. The van der Waals surface area contributed by atoms with Crippen LogP contribution in [0.15, 0.2) is 48.5 Å². The van der Waals surface area contributed by atoms with Gasteiger partial charge in [0.2, 0.25) is 5.91 Å². The second-order valence-corrected chi connectivity index (χ2v) is 6.79. The summed E-state index contributed by atoms with van der Waals surface area (Å²) in [7, 11) is 1.73. The number of halogens is 1. The summed E-state index contributed by atoms with van der Waals surface area (Å²) in [6, 6.07) is 12.1. The van der Waals surface area contributed by atoms with Crippen LogP contribution in [-0.4, -0.2) is 43.9 Å². The van der Waals surface area contributed by atoms with Crippen molar-refractivity contribution in [3.05, 3.63) is 54.3 Å². The maximum Gasteiger partial charge on any atom is 0.285 e. The van der Waals surface area contributed by atoms with Crippen molar-refractivity contribution in [1.29, 1.82) is 0 Å². The molecule has 1 heterocycles. The molecule has 3 rings (SSSR count). The Morgan fingerprint density at radius 3 is 2.75 bits per heavy atom. The Morgan fingerprint density at radius 2 is 2.00 bits per heavy atom. The zero-order chi connectivity index (χ0) is 20.3. The number of amides is 3. The first-order chi connectivity index (χ1) is 13.3. The van der Waals surface area contributed by atoms with Crippen LogP contribution >= 0.6 is 0 Å². The Kier molecular flexibility index (Phi) is 5.70. The summed E-state index contributed by atoms with van der Waals surface area (Å²) in [5.74, 6) is -1.29. The van der Waals surface area contributed by atoms with Crippen molar-refractivity contribution in [2.24, 2.45) is 0 Å². The molecular formula is C20H22FN4O3+. The van der Waals surface area contributed by atoms with Crippen molar-refractivity contribution >= 4 is 34.8 Å². The van der Waals surface area contributed by atoms with E-state index in [9.17, 15) is 18.8 Å². The first-order valence-electron chi connectivity index (χ1n) is 8.93. The SMILES string of the molecule is C[C@@H](C(=O)N1CC(=O)Nc2ccccc21)[NH+](C)CC(=O)Nc1cccc(F)c1. The molecule has 146 valence electrons. The fourth-order valence-corrected chi connectivity index (χ4v) is 3.05. The van der Waals surface area contributed by atoms with Gasteiger partial charge in [-0.05, 0) is 37.3 Å². The Balaban J connectivity index is 1.66. The van der Waals surface area contributed by atoms with Gasteiger partial charge in [0.25, 0.3) is 11.8 Å². The molecule has 2 atom stereocenters. The summed E-state index contributed by atoms with van der Waals surface area (Å²) in [6.45, 7) is 1.66. The fourth-order valence-electron chi connectivity index (χ4n) is 3.05. The van der Waals surface area contributed by atoms with Crippen LogP contribution in [0.5, 0.6) is 0 Å². The van der Waals surface area contributed by atoms with Gasteiger partial charge in [0, 0.05) is 5.69 Å². The average molecular weight is 385 g/mol. The molecule has 1 unspecified atom stereocenters. The molecule has 8 heteroatoms. The molecule has 2 aromatic rings. The molecule has 0 fully saturated rings. The van der Waals surface area contributed by atoms with Crippen molar-refractivity contribution in [3.8, 4) is 0 Å². The molecule has 7 nitrogen and oxygen atoms in total. The number of hydrogen-bond donors (Lipinski definition) is 3. The lowest BCUT2D eigenvalue weighted by Crippen LogP contribution is -3.15. The van der Waals surface area contributed by atoms with Gasteiger partial charge in [0.1, 0.15) is 12.4 Å². The van der Waals surface area contributed by atoms with E-state index in [1.807, 2.05) is 0 Å². The van der Waals surface area contributed by atoms with E-state index in [0.717, 1.165) is 0 Å². The van der Waals surface area contributed by atoms with Gasteiger partial charge in [0.05, 0.1) is 18.4 Å². The molecule has 0 radical (unpaired) electrons. The second-order valence-electron chi connectivity index (χ2n) is 6.79. The molecule has 0 bridgehead atoms. The van der Waals surface area contributed by atoms with E-state index in [1.54, 1.807) is 44.3 Å². The number of benzene rings is 2. The average Bonchev–Trinajstić information content (AvgIpc) is 2.66. The van der Waals surface area contributed by atoms with E-state index >= 15 is 0 Å². The quantitative estimate of drug-likeness (QED) is 0.707. The summed E-state index contributed by atoms with van der Waals surface area (Å²) in [6.07, 6.45) is 0. The van der Waals surface area contributed by atoms with Crippen LogP contribution in [0, 0.1) is 5.82 Å². The van der Waals surface area contributed by atoms with Gasteiger partial charge in [-0.3, -0.25) is 19.3 Å². The minimum atomic E-state index is -0.558. The number of rotatable bonds is 5. The van der Waals surface area contributed by atoms with Crippen LogP contribution in [0.25, 0.3) is 0 Å². The van der Waals surface area contributed by atoms with Gasteiger partial charge < -0.3 is 15.5 Å². The predicted octanol–water partition coefficient (Wildman–Crippen LogP) is 0.653. The van der Waals surface area contributed by atoms with Crippen LogP contribution < -0.4 is 20.4 Å². The lowest BCUT2D eigenvalue weighted by atomic mass is 10.1. The van der Waals surface area contributed by atoms with Gasteiger partial charge in [-0.25, -0.2) is 4.39 Å². The zero-order valence-corrected chi connectivity index (χ0v) is 15.7. The number of likely N-dealkylation sites (N-methyl/N-ethyl adjacent to an activating group) is 1. The zero-order valence-electron chi connectivity index (χ0n) is 15.7. The molecule has 2 aromatic carbocycles. The van der Waals surface area contributed by atoms with Gasteiger partial charge >= 0.3 is 0 Å². The van der Waals surface area contributed by atoms with Crippen molar-refractivity contribution < 1.29 is 23.7 Å². The van der Waals surface area contributed by atoms with E-state index in [0.29, 0.717) is 22.0 Å². The number of carbonyl (C=O) groups is 3. The highest BCUT2D eigenvalue weighted by Crippen LogP contribution is 2.29. The maximum atomic E-state index is 13.2. The number of hydrogen-bond acceptors (Lipinski definition) is 3. The Hall–Kier alpha value is -3.26. The lowest BCUT2D eigenvalue weighted by molar-refractivity contribution is -0.885. The van der Waals surface area contributed by atoms with Crippen molar-refractivity contribution in [2.75, 3.05) is 35.7 Å². The van der Waals surface area contributed by atoms with E-state index in [4.69, 9.17) is 0 Å². The third-order valence-electron chi connectivity index (χ3n) is 4.69. The van der Waals surface area contributed by atoms with Gasteiger partial charge in [-0.15, -0.1) is 0 Å². The molecule has 0 aliphatic carbocycles. The topological polar surface area (TPSA) is 83.0 Å². The predicted molar refractivity (Wildman–Crippen MR) is 104 cm³/mol. The molecule has 0 aromatic heterocycles. The summed E-state index contributed by atoms with van der Waals surface area (Å²) in [4.78, 5) is 39.2. The van der Waals surface area contributed by atoms with E-state index in [2.05, 4.69) is 10.6 Å². The first kappa shape index (κ1) is 19.5. The van der Waals surface area contributed by atoms with Gasteiger partial charge in [0.15, 0.2) is 12.6 Å². The maximum absolute atomic E-state index is 13.2. The smallest absolute Gasteiger partial charge is 0.285 e. The molecule has 0 saturated carbocycles. The molecule has 3 N–H and O–H groups in total. The van der Waals surface area contributed by atoms with Gasteiger partial charge in [-0.1, -0.05) is 18.2 Å². The Morgan fingerprint density at radius 1 is 1.25 bits per heavy atom. The highest BCUT2D eigenvalue weighted by Gasteiger charge is 2.33. The van der Waals surface area contributed by atoms with Crippen LogP contribution in [0.4, 0.5) is 21.5 Å². The highest BCUT2D eigenvalue weighted by molar-refractivity contribution is 6.10. The summed E-state index contributed by atoms with van der Waals surface area (Å²) >= 11 is 0. The summed E-state index contributed by atoms with van der Waals surface area (Å²) in [5.41, 5.74) is 1.58. The third-order valence-corrected chi connectivity index (χ3v) is 4.69. The van der Waals surface area contributed by atoms with Crippen LogP contribution in [0.1, 0.15) is 6.92 Å². The lowest BCUT2D eigenvalue weighted by Gasteiger charge is -2.32. The number of nitrogens with zero attached hydrogens (tertiary/aromatic N) is 1. The number of nitrogens with one attached hydrogen (secondary N) is 3. The Labute approximate surface area is 162 Å². The van der Waals surface area contributed by atoms with E-state index in [-0.39, 0.29) is 30.8 Å². The summed E-state index contributed by atoms with van der Waals surface area (Å²) in [5, 5.41) is 5.36. The molecule has 1 aliphatic rings. The number of carbonyl (C=O) groups excluding carboxylic acids is 3. The number of para-hydroxylation sites is 2. The fraction of sp³-hybridized carbons (Fsp3) is 0.250. The van der Waals surface area contributed by atoms with Crippen molar-refractivity contribution in [3.63, 3.8) is 0 Å². The molecule has 3 amide bonds. The normalized spacial score (nSPS) is 15.2. The minimum absolute atomic E-state index is 0.0190. The van der Waals surface area contributed by atoms with Crippen LogP contribution in [0.3, 0.4) is 0 Å². The van der Waals surface area contributed by atoms with Crippen molar-refractivity contribution in [2.45, 2.75) is 13.0 Å². The first-order valence-corrected chi connectivity index (χ1v) is 8.93. The van der Waals surface area contributed by atoms with Crippen molar-refractivity contribution in [1.82, 2.24) is 0 Å². The minimum Gasteiger partial charge on any atom is -0.323 e. The van der Waals surface area contributed by atoms with Crippen LogP contribution in [0.2, 0.25) is 0 Å². The molecule has 28 heavy (non-hydrogen) atoms. The molecule has 1 aliphatic heterocycles. The highest BCUT2D eigenvalue weighted by atomic mass is 19.1. The molecular weight excluding hydrogens is 363 g/mol. The van der Waals surface area contributed by atoms with E-state index < -0.39 is 11.9 Å². The molecule has 0 spiro atoms. The number of anilines is 3. The van der Waals surface area contributed by atoms with E-state index in [1.165, 1.54) is 23.1 Å². The molecule has 0 saturated heterocycles. The van der Waals surface area contributed by atoms with Crippen LogP contribution in [-0.2, 0) is 14.4 Å². The third kappa shape index (κ3) is 4.34. The number of fused-ring (bicyclic) bond motifs is 1. The van der Waals surface area contributed by atoms with Gasteiger partial charge in [-0.2, -0.15) is 0 Å². The largest absolute Gasteiger partial charge is 0.323 e. The summed E-state index contributed by atoms with van der Waals surface area (Å²) < 4.78 is 13.2. The Bertz CT molecular complexity index is 918.